The molecule has 2 aromatic carbocycles. The van der Waals surface area contributed by atoms with E-state index in [1.807, 2.05) is 24.3 Å². The number of benzene rings is 2. The lowest BCUT2D eigenvalue weighted by Gasteiger charge is -2.29. The summed E-state index contributed by atoms with van der Waals surface area (Å²) in [5, 5.41) is 10.9. The number of nitro groups is 1. The normalized spacial score (nSPS) is 13.0. The van der Waals surface area contributed by atoms with Gasteiger partial charge in [-0.25, -0.2) is 0 Å². The number of carbonyl (C=O) groups is 1. The van der Waals surface area contributed by atoms with E-state index in [4.69, 9.17) is 9.47 Å². The molecule has 0 bridgehead atoms. The number of methoxy groups -OCH3 is 1. The van der Waals surface area contributed by atoms with Crippen LogP contribution in [0.2, 0.25) is 0 Å². The predicted molar refractivity (Wildman–Crippen MR) is 110 cm³/mol. The lowest BCUT2D eigenvalue weighted by atomic mass is 10.0. The first-order valence-corrected chi connectivity index (χ1v) is 10.2. The van der Waals surface area contributed by atoms with Gasteiger partial charge in [0.15, 0.2) is 0 Å². The van der Waals surface area contributed by atoms with Crippen LogP contribution in [0.3, 0.4) is 0 Å². The Morgan fingerprint density at radius 1 is 1.21 bits per heavy atom. The van der Waals surface area contributed by atoms with Crippen LogP contribution in [0.1, 0.15) is 12.0 Å². The standard InChI is InChI=1S/C20H22N2O5S/c1-26-17-5-7-18(8-6-17)27-11-12-28-14-20(23)21-10-2-3-15-13-16(22(24)25)4-9-19(15)21/h4-9,13H,2-3,10-12,14H2,1H3. The molecule has 0 aromatic heterocycles. The van der Waals surface area contributed by atoms with Gasteiger partial charge in [-0.05, 0) is 48.7 Å². The topological polar surface area (TPSA) is 81.9 Å². The zero-order valence-corrected chi connectivity index (χ0v) is 16.4. The number of rotatable bonds is 8. The molecule has 1 aliphatic rings. The second kappa shape index (κ2) is 9.45. The Labute approximate surface area is 167 Å². The van der Waals surface area contributed by atoms with Crippen molar-refractivity contribution in [2.24, 2.45) is 0 Å². The summed E-state index contributed by atoms with van der Waals surface area (Å²) in [5.74, 6) is 2.60. The minimum atomic E-state index is -0.403. The van der Waals surface area contributed by atoms with E-state index in [1.165, 1.54) is 17.8 Å². The molecule has 0 unspecified atom stereocenters. The van der Waals surface area contributed by atoms with Crippen molar-refractivity contribution < 1.29 is 19.2 Å². The summed E-state index contributed by atoms with van der Waals surface area (Å²) in [6.07, 6.45) is 1.56. The number of hydrogen-bond donors (Lipinski definition) is 0. The highest BCUT2D eigenvalue weighted by Crippen LogP contribution is 2.31. The van der Waals surface area contributed by atoms with Crippen LogP contribution in [-0.2, 0) is 11.2 Å². The molecule has 1 amide bonds. The number of non-ortho nitro benzene ring substituents is 1. The van der Waals surface area contributed by atoms with E-state index < -0.39 is 4.92 Å². The minimum absolute atomic E-state index is 0.0178. The number of ether oxygens (including phenoxy) is 2. The number of carbonyl (C=O) groups excluding carboxylic acids is 1. The summed E-state index contributed by atoms with van der Waals surface area (Å²) in [6, 6.07) is 12.1. The fourth-order valence-corrected chi connectivity index (χ4v) is 3.76. The van der Waals surface area contributed by atoms with Gasteiger partial charge in [-0.15, -0.1) is 11.8 Å². The lowest BCUT2D eigenvalue weighted by Crippen LogP contribution is -2.36. The molecule has 148 valence electrons. The minimum Gasteiger partial charge on any atom is -0.497 e. The maximum Gasteiger partial charge on any atom is 0.269 e. The first-order chi connectivity index (χ1) is 13.6. The summed E-state index contributed by atoms with van der Waals surface area (Å²) in [4.78, 5) is 24.9. The quantitative estimate of drug-likeness (QED) is 0.380. The summed E-state index contributed by atoms with van der Waals surface area (Å²) in [5.41, 5.74) is 1.72. The highest BCUT2D eigenvalue weighted by Gasteiger charge is 2.24. The van der Waals surface area contributed by atoms with Crippen molar-refractivity contribution >= 4 is 29.0 Å². The first-order valence-electron chi connectivity index (χ1n) is 9.01. The number of nitro benzene ring substituents is 1. The fraction of sp³-hybridized carbons (Fsp3) is 0.350. The van der Waals surface area contributed by atoms with E-state index in [1.54, 1.807) is 24.1 Å². The molecule has 0 N–H and O–H groups in total. The SMILES string of the molecule is COc1ccc(OCCSCC(=O)N2CCCc3cc([N+](=O)[O-])ccc32)cc1. The average molecular weight is 402 g/mol. The summed E-state index contributed by atoms with van der Waals surface area (Å²) < 4.78 is 10.8. The summed E-state index contributed by atoms with van der Waals surface area (Å²) in [6.45, 7) is 1.15. The molecule has 0 saturated heterocycles. The predicted octanol–water partition coefficient (Wildman–Crippen LogP) is 3.69. The Morgan fingerprint density at radius 2 is 1.96 bits per heavy atom. The third-order valence-corrected chi connectivity index (χ3v) is 5.38. The van der Waals surface area contributed by atoms with Gasteiger partial charge in [0.05, 0.1) is 24.4 Å². The maximum absolute atomic E-state index is 12.6. The fourth-order valence-electron chi connectivity index (χ4n) is 3.08. The summed E-state index contributed by atoms with van der Waals surface area (Å²) >= 11 is 1.52. The van der Waals surface area contributed by atoms with Crippen molar-refractivity contribution in [3.8, 4) is 11.5 Å². The zero-order chi connectivity index (χ0) is 19.9. The molecule has 7 nitrogen and oxygen atoms in total. The van der Waals surface area contributed by atoms with Gasteiger partial charge in [-0.3, -0.25) is 14.9 Å². The van der Waals surface area contributed by atoms with E-state index >= 15 is 0 Å². The van der Waals surface area contributed by atoms with Crippen LogP contribution < -0.4 is 14.4 Å². The number of thioether (sulfide) groups is 1. The molecule has 2 aromatic rings. The van der Waals surface area contributed by atoms with E-state index in [2.05, 4.69) is 0 Å². The number of fused-ring (bicyclic) bond motifs is 1. The van der Waals surface area contributed by atoms with Crippen molar-refractivity contribution in [1.82, 2.24) is 0 Å². The van der Waals surface area contributed by atoms with E-state index in [9.17, 15) is 14.9 Å². The molecule has 0 fully saturated rings. The Morgan fingerprint density at radius 3 is 2.68 bits per heavy atom. The van der Waals surface area contributed by atoms with Crippen LogP contribution >= 0.6 is 11.8 Å². The number of nitrogens with zero attached hydrogens (tertiary/aromatic N) is 2. The Hall–Kier alpha value is -2.74. The van der Waals surface area contributed by atoms with Gasteiger partial charge in [0.2, 0.25) is 5.91 Å². The van der Waals surface area contributed by atoms with Crippen LogP contribution in [0.25, 0.3) is 0 Å². The van der Waals surface area contributed by atoms with Crippen LogP contribution in [-0.4, -0.2) is 42.6 Å². The smallest absolute Gasteiger partial charge is 0.269 e. The molecule has 1 heterocycles. The number of amides is 1. The molecule has 0 radical (unpaired) electrons. The van der Waals surface area contributed by atoms with Gasteiger partial charge < -0.3 is 14.4 Å². The molecule has 0 spiro atoms. The number of anilines is 1. The van der Waals surface area contributed by atoms with Crippen molar-refractivity contribution in [3.05, 3.63) is 58.1 Å². The molecule has 0 atom stereocenters. The Bertz CT molecular complexity index is 841. The van der Waals surface area contributed by atoms with Gasteiger partial charge in [0, 0.05) is 30.1 Å². The first kappa shape index (κ1) is 20.0. The second-order valence-electron chi connectivity index (χ2n) is 6.30. The van der Waals surface area contributed by atoms with Gasteiger partial charge in [0.1, 0.15) is 11.5 Å². The molecular formula is C20H22N2O5S. The van der Waals surface area contributed by atoms with Gasteiger partial charge in [-0.2, -0.15) is 0 Å². The molecule has 0 saturated carbocycles. The van der Waals surface area contributed by atoms with E-state index in [-0.39, 0.29) is 11.6 Å². The van der Waals surface area contributed by atoms with Crippen LogP contribution in [0.5, 0.6) is 11.5 Å². The van der Waals surface area contributed by atoms with Crippen LogP contribution in [0.15, 0.2) is 42.5 Å². The Balaban J connectivity index is 1.47. The van der Waals surface area contributed by atoms with Crippen molar-refractivity contribution in [2.75, 3.05) is 36.7 Å². The largest absolute Gasteiger partial charge is 0.497 e. The third kappa shape index (κ3) is 4.95. The van der Waals surface area contributed by atoms with Crippen molar-refractivity contribution in [3.63, 3.8) is 0 Å². The molecule has 3 rings (SSSR count). The summed E-state index contributed by atoms with van der Waals surface area (Å²) in [7, 11) is 1.62. The monoisotopic (exact) mass is 402 g/mol. The van der Waals surface area contributed by atoms with Gasteiger partial charge in [0.25, 0.3) is 5.69 Å². The lowest BCUT2D eigenvalue weighted by molar-refractivity contribution is -0.384. The molecule has 0 aliphatic carbocycles. The van der Waals surface area contributed by atoms with Gasteiger partial charge >= 0.3 is 0 Å². The van der Waals surface area contributed by atoms with Crippen molar-refractivity contribution in [1.29, 1.82) is 0 Å². The molecule has 1 aliphatic heterocycles. The highest BCUT2D eigenvalue weighted by atomic mass is 32.2. The molecule has 28 heavy (non-hydrogen) atoms. The second-order valence-corrected chi connectivity index (χ2v) is 7.40. The highest BCUT2D eigenvalue weighted by molar-refractivity contribution is 7.99. The average Bonchev–Trinajstić information content (AvgIpc) is 2.72. The molecular weight excluding hydrogens is 380 g/mol. The van der Waals surface area contributed by atoms with Gasteiger partial charge in [-0.1, -0.05) is 0 Å². The maximum atomic E-state index is 12.6. The van der Waals surface area contributed by atoms with Crippen LogP contribution in [0.4, 0.5) is 11.4 Å². The number of aryl methyl sites for hydroxylation is 1. The third-order valence-electron chi connectivity index (χ3n) is 4.47. The van der Waals surface area contributed by atoms with Crippen molar-refractivity contribution in [2.45, 2.75) is 12.8 Å². The zero-order valence-electron chi connectivity index (χ0n) is 15.6. The molecule has 8 heteroatoms. The Kier molecular flexibility index (Phi) is 6.76. The van der Waals surface area contributed by atoms with E-state index in [0.717, 1.165) is 35.6 Å². The van der Waals surface area contributed by atoms with Crippen LogP contribution in [0, 0.1) is 10.1 Å². The number of hydrogen-bond acceptors (Lipinski definition) is 6. The van der Waals surface area contributed by atoms with E-state index in [0.29, 0.717) is 24.7 Å².